The number of halogens is 1. The number of ether oxygens (including phenoxy) is 1. The Morgan fingerprint density at radius 3 is 2.28 bits per heavy atom. The summed E-state index contributed by atoms with van der Waals surface area (Å²) < 4.78 is 34.9. The molecule has 1 aliphatic carbocycles. The highest BCUT2D eigenvalue weighted by molar-refractivity contribution is 7.92. The summed E-state index contributed by atoms with van der Waals surface area (Å²) in [6, 6.07) is 24.9. The van der Waals surface area contributed by atoms with Crippen LogP contribution in [0.25, 0.3) is 0 Å². The SMILES string of the molecule is COc1ccc(N(CC(=O)N(Cc2cccc(Cl)c2)C(Cc2ccccc2)C(=O)NC2CCCC2)S(=O)(=O)c2ccc(C)c([N+](=O)[O-])c2)cc1. The van der Waals surface area contributed by atoms with Gasteiger partial charge in [-0.05, 0) is 73.4 Å². The largest absolute Gasteiger partial charge is 0.497 e. The predicted octanol–water partition coefficient (Wildman–Crippen LogP) is 6.46. The van der Waals surface area contributed by atoms with Gasteiger partial charge < -0.3 is 15.0 Å². The number of sulfonamides is 1. The van der Waals surface area contributed by atoms with E-state index in [4.69, 9.17) is 16.3 Å². The highest BCUT2D eigenvalue weighted by atomic mass is 35.5. The molecule has 0 aliphatic heterocycles. The molecule has 1 fully saturated rings. The van der Waals surface area contributed by atoms with Gasteiger partial charge in [0.2, 0.25) is 11.8 Å². The van der Waals surface area contributed by atoms with Gasteiger partial charge in [-0.15, -0.1) is 0 Å². The van der Waals surface area contributed by atoms with Gasteiger partial charge in [-0.2, -0.15) is 0 Å². The molecule has 1 unspecified atom stereocenters. The zero-order chi connectivity index (χ0) is 35.8. The van der Waals surface area contributed by atoms with Crippen molar-refractivity contribution < 1.29 is 27.7 Å². The van der Waals surface area contributed by atoms with Crippen molar-refractivity contribution in [3.05, 3.63) is 129 Å². The molecule has 0 saturated heterocycles. The second-order valence-corrected chi connectivity index (χ2v) is 14.6. The molecule has 2 amide bonds. The van der Waals surface area contributed by atoms with Crippen molar-refractivity contribution in [3.8, 4) is 5.75 Å². The number of amides is 2. The number of carbonyl (C=O) groups excluding carboxylic acids is 2. The quantitative estimate of drug-likeness (QED) is 0.117. The number of rotatable bonds is 14. The van der Waals surface area contributed by atoms with E-state index >= 15 is 0 Å². The maximum Gasteiger partial charge on any atom is 0.273 e. The molecule has 262 valence electrons. The lowest BCUT2D eigenvalue weighted by Crippen LogP contribution is -2.54. The van der Waals surface area contributed by atoms with Crippen molar-refractivity contribution in [3.63, 3.8) is 0 Å². The Hall–Kier alpha value is -4.94. The minimum Gasteiger partial charge on any atom is -0.497 e. The van der Waals surface area contributed by atoms with Crippen LogP contribution in [0.3, 0.4) is 0 Å². The van der Waals surface area contributed by atoms with Crippen molar-refractivity contribution in [1.29, 1.82) is 0 Å². The van der Waals surface area contributed by atoms with Gasteiger partial charge in [0, 0.05) is 35.7 Å². The fourth-order valence-corrected chi connectivity index (χ4v) is 7.75. The van der Waals surface area contributed by atoms with Crippen LogP contribution in [-0.4, -0.2) is 55.8 Å². The number of aryl methyl sites for hydroxylation is 1. The third-order valence-electron chi connectivity index (χ3n) is 8.82. The Bertz CT molecular complexity index is 1940. The average Bonchev–Trinajstić information content (AvgIpc) is 3.62. The number of benzene rings is 4. The van der Waals surface area contributed by atoms with E-state index in [-0.39, 0.29) is 46.7 Å². The first-order chi connectivity index (χ1) is 24.0. The molecule has 0 bridgehead atoms. The molecular weight excluding hydrogens is 680 g/mol. The fourth-order valence-electron chi connectivity index (χ4n) is 6.10. The summed E-state index contributed by atoms with van der Waals surface area (Å²) in [5, 5.41) is 15.3. The molecule has 5 rings (SSSR count). The fraction of sp³-hybridized carbons (Fsp3) is 0.297. The van der Waals surface area contributed by atoms with E-state index in [1.54, 1.807) is 36.4 Å². The summed E-state index contributed by atoms with van der Waals surface area (Å²) in [6.45, 7) is 0.761. The molecule has 4 aromatic rings. The van der Waals surface area contributed by atoms with Crippen LogP contribution in [0, 0.1) is 17.0 Å². The number of hydrogen-bond acceptors (Lipinski definition) is 7. The van der Waals surface area contributed by atoms with E-state index < -0.39 is 33.4 Å². The monoisotopic (exact) mass is 718 g/mol. The normalized spacial score (nSPS) is 13.7. The molecule has 0 radical (unpaired) electrons. The van der Waals surface area contributed by atoms with Crippen molar-refractivity contribution in [1.82, 2.24) is 10.2 Å². The molecule has 4 aromatic carbocycles. The second-order valence-electron chi connectivity index (χ2n) is 12.3. The number of nitrogens with zero attached hydrogens (tertiary/aromatic N) is 3. The Labute approximate surface area is 297 Å². The third kappa shape index (κ3) is 8.80. The lowest BCUT2D eigenvalue weighted by molar-refractivity contribution is -0.385. The molecule has 1 aliphatic rings. The van der Waals surface area contributed by atoms with Gasteiger partial charge in [0.1, 0.15) is 18.3 Å². The van der Waals surface area contributed by atoms with Gasteiger partial charge in [-0.25, -0.2) is 8.42 Å². The lowest BCUT2D eigenvalue weighted by atomic mass is 10.0. The van der Waals surface area contributed by atoms with Gasteiger partial charge in [-0.1, -0.05) is 73.0 Å². The first kappa shape index (κ1) is 36.3. The Kier molecular flexibility index (Phi) is 11.8. The van der Waals surface area contributed by atoms with Crippen LogP contribution >= 0.6 is 11.6 Å². The van der Waals surface area contributed by atoms with E-state index in [9.17, 15) is 28.1 Å². The van der Waals surface area contributed by atoms with Crippen LogP contribution in [-0.2, 0) is 32.6 Å². The molecule has 1 saturated carbocycles. The van der Waals surface area contributed by atoms with Gasteiger partial charge >= 0.3 is 0 Å². The number of anilines is 1. The smallest absolute Gasteiger partial charge is 0.273 e. The number of methoxy groups -OCH3 is 1. The standard InChI is InChI=1S/C37H39ClN4O7S/c1-26-15-20-33(23-34(26)42(45)46)50(47,48)41(31-16-18-32(49-2)19-17-31)25-36(43)40(24-28-11-8-12-29(38)21-28)35(22-27-9-4-3-5-10-27)37(44)39-30-13-6-7-14-30/h3-5,8-12,15-21,23,30,35H,6-7,13-14,22,24-25H2,1-2H3,(H,39,44). The van der Waals surface area contributed by atoms with E-state index in [0.717, 1.165) is 41.6 Å². The second kappa shape index (κ2) is 16.2. The number of hydrogen-bond donors (Lipinski definition) is 1. The van der Waals surface area contributed by atoms with E-state index in [1.807, 2.05) is 30.3 Å². The highest BCUT2D eigenvalue weighted by Crippen LogP contribution is 2.30. The molecule has 50 heavy (non-hydrogen) atoms. The van der Waals surface area contributed by atoms with Crippen LogP contribution in [0.1, 0.15) is 42.4 Å². The minimum atomic E-state index is -4.56. The maximum absolute atomic E-state index is 14.7. The molecular formula is C37H39ClN4O7S. The first-order valence-corrected chi connectivity index (χ1v) is 18.1. The topological polar surface area (TPSA) is 139 Å². The molecule has 0 heterocycles. The summed E-state index contributed by atoms with van der Waals surface area (Å²) in [7, 11) is -3.09. The number of nitro groups is 1. The van der Waals surface area contributed by atoms with Gasteiger partial charge in [0.15, 0.2) is 0 Å². The van der Waals surface area contributed by atoms with Gasteiger partial charge in [0.25, 0.3) is 15.7 Å². The summed E-state index contributed by atoms with van der Waals surface area (Å²) in [5.74, 6) is -0.546. The van der Waals surface area contributed by atoms with Crippen molar-refractivity contribution in [2.24, 2.45) is 0 Å². The predicted molar refractivity (Wildman–Crippen MR) is 192 cm³/mol. The highest BCUT2D eigenvalue weighted by Gasteiger charge is 2.36. The van der Waals surface area contributed by atoms with Gasteiger partial charge in [-0.3, -0.25) is 24.0 Å². The molecule has 13 heteroatoms. The molecule has 1 N–H and O–H groups in total. The zero-order valence-electron chi connectivity index (χ0n) is 27.8. The number of carbonyl (C=O) groups is 2. The number of nitrogens with one attached hydrogen (secondary N) is 1. The van der Waals surface area contributed by atoms with Crippen molar-refractivity contribution >= 4 is 44.8 Å². The van der Waals surface area contributed by atoms with Crippen molar-refractivity contribution in [2.45, 2.75) is 62.6 Å². The van der Waals surface area contributed by atoms with Crippen LogP contribution < -0.4 is 14.4 Å². The Morgan fingerprint density at radius 1 is 0.960 bits per heavy atom. The lowest BCUT2D eigenvalue weighted by Gasteiger charge is -2.34. The van der Waals surface area contributed by atoms with E-state index in [2.05, 4.69) is 5.32 Å². The molecule has 0 aromatic heterocycles. The summed E-state index contributed by atoms with van der Waals surface area (Å²) in [4.78, 5) is 41.0. The van der Waals surface area contributed by atoms with Gasteiger partial charge in [0.05, 0.1) is 22.6 Å². The van der Waals surface area contributed by atoms with Crippen LogP contribution in [0.2, 0.25) is 5.02 Å². The third-order valence-corrected chi connectivity index (χ3v) is 10.8. The maximum atomic E-state index is 14.7. The zero-order valence-corrected chi connectivity index (χ0v) is 29.4. The average molecular weight is 719 g/mol. The van der Waals surface area contributed by atoms with E-state index in [0.29, 0.717) is 16.3 Å². The number of nitro benzene ring substituents is 1. The molecule has 11 nitrogen and oxygen atoms in total. The molecule has 0 spiro atoms. The first-order valence-electron chi connectivity index (χ1n) is 16.3. The van der Waals surface area contributed by atoms with E-state index in [1.165, 1.54) is 43.2 Å². The Balaban J connectivity index is 1.59. The van der Waals surface area contributed by atoms with Crippen molar-refractivity contribution in [2.75, 3.05) is 18.0 Å². The Morgan fingerprint density at radius 2 is 1.64 bits per heavy atom. The summed E-state index contributed by atoms with van der Waals surface area (Å²) in [6.07, 6.45) is 3.82. The summed E-state index contributed by atoms with van der Waals surface area (Å²) >= 11 is 6.33. The molecule has 1 atom stereocenters. The minimum absolute atomic E-state index is 0.0302. The van der Waals surface area contributed by atoms with Crippen LogP contribution in [0.5, 0.6) is 5.75 Å². The summed E-state index contributed by atoms with van der Waals surface area (Å²) in [5.41, 5.74) is 1.49. The van der Waals surface area contributed by atoms with Crippen LogP contribution in [0.15, 0.2) is 102 Å². The van der Waals surface area contributed by atoms with Crippen LogP contribution in [0.4, 0.5) is 11.4 Å².